The van der Waals surface area contributed by atoms with Crippen LogP contribution < -0.4 is 5.32 Å². The molecule has 1 aromatic heterocycles. The number of nitrogens with one attached hydrogen (secondary N) is 1. The number of alkyl halides is 1. The summed E-state index contributed by atoms with van der Waals surface area (Å²) in [5.74, 6) is 0.378. The highest BCUT2D eigenvalue weighted by molar-refractivity contribution is 9.10. The molecule has 1 heterocycles. The maximum Gasteiger partial charge on any atom is 0.239 e. The van der Waals surface area contributed by atoms with Crippen molar-refractivity contribution in [3.63, 3.8) is 0 Å². The van der Waals surface area contributed by atoms with Crippen molar-refractivity contribution in [1.82, 2.24) is 9.55 Å². The Morgan fingerprint density at radius 2 is 1.30 bits per heavy atom. The lowest BCUT2D eigenvalue weighted by molar-refractivity contribution is -0.115. The quantitative estimate of drug-likeness (QED) is 0.308. The Morgan fingerprint density at radius 1 is 0.867 bits per heavy atom. The van der Waals surface area contributed by atoms with Gasteiger partial charge in [0, 0.05) is 6.20 Å². The van der Waals surface area contributed by atoms with Crippen LogP contribution in [0.4, 0.5) is 5.82 Å². The van der Waals surface area contributed by atoms with E-state index in [-0.39, 0.29) is 10.7 Å². The molecule has 4 rings (SSSR count). The molecule has 0 radical (unpaired) electrons. The predicted molar refractivity (Wildman–Crippen MR) is 124 cm³/mol. The van der Waals surface area contributed by atoms with Crippen molar-refractivity contribution in [2.75, 3.05) is 5.32 Å². The summed E-state index contributed by atoms with van der Waals surface area (Å²) in [7, 11) is 0. The second-order valence-corrected chi connectivity index (χ2v) is 8.45. The van der Waals surface area contributed by atoms with Crippen LogP contribution in [-0.2, 0) is 10.3 Å². The van der Waals surface area contributed by atoms with Gasteiger partial charge >= 0.3 is 0 Å². The molecule has 0 spiro atoms. The van der Waals surface area contributed by atoms with Crippen LogP contribution in [0.5, 0.6) is 0 Å². The number of rotatable bonds is 6. The number of amides is 1. The van der Waals surface area contributed by atoms with Gasteiger partial charge in [0.05, 0.1) is 11.2 Å². The molecule has 0 aliphatic heterocycles. The fraction of sp³-hybridized carbons (Fsp3) is 0.120. The van der Waals surface area contributed by atoms with E-state index in [0.717, 1.165) is 16.7 Å². The molecule has 1 unspecified atom stereocenters. The van der Waals surface area contributed by atoms with E-state index in [2.05, 4.69) is 67.2 Å². The summed E-state index contributed by atoms with van der Waals surface area (Å²) in [6.07, 6.45) is 3.67. The third-order valence-electron chi connectivity index (χ3n) is 5.16. The van der Waals surface area contributed by atoms with Crippen LogP contribution in [0.1, 0.15) is 23.6 Å². The Morgan fingerprint density at radius 3 is 1.70 bits per heavy atom. The number of benzene rings is 3. The molecule has 0 aliphatic rings. The SMILES string of the molecule is CC(Br)C(=O)Nc1cn(C(c2ccccc2)(c2ccccc2)c2ccccc2)cn1. The average molecular weight is 460 g/mol. The molecular formula is C25H22BrN3O. The number of aromatic nitrogens is 2. The summed E-state index contributed by atoms with van der Waals surface area (Å²) in [5, 5.41) is 2.87. The Balaban J connectivity index is 1.97. The normalized spacial score (nSPS) is 12.3. The molecule has 3 aromatic carbocycles. The molecule has 0 fully saturated rings. The van der Waals surface area contributed by atoms with Gasteiger partial charge in [0.15, 0.2) is 5.82 Å². The number of hydrogen-bond acceptors (Lipinski definition) is 2. The Labute approximate surface area is 184 Å². The maximum atomic E-state index is 12.2. The lowest BCUT2D eigenvalue weighted by Crippen LogP contribution is -2.37. The second kappa shape index (κ2) is 8.67. The number of carbonyl (C=O) groups is 1. The zero-order valence-corrected chi connectivity index (χ0v) is 18.2. The van der Waals surface area contributed by atoms with Crippen molar-refractivity contribution >= 4 is 27.7 Å². The smallest absolute Gasteiger partial charge is 0.239 e. The predicted octanol–water partition coefficient (Wildman–Crippen LogP) is 5.45. The minimum absolute atomic E-state index is 0.134. The van der Waals surface area contributed by atoms with Crippen LogP contribution in [0.15, 0.2) is 104 Å². The van der Waals surface area contributed by atoms with Crippen LogP contribution in [0.2, 0.25) is 0 Å². The molecule has 1 atom stereocenters. The zero-order chi connectivity index (χ0) is 21.0. The zero-order valence-electron chi connectivity index (χ0n) is 16.6. The fourth-order valence-electron chi connectivity index (χ4n) is 3.78. The number of anilines is 1. The lowest BCUT2D eigenvalue weighted by atomic mass is 9.77. The summed E-state index contributed by atoms with van der Waals surface area (Å²) in [6.45, 7) is 1.79. The highest BCUT2D eigenvalue weighted by atomic mass is 79.9. The van der Waals surface area contributed by atoms with Gasteiger partial charge in [-0.1, -0.05) is 107 Å². The van der Waals surface area contributed by atoms with Crippen LogP contribution in [0, 0.1) is 0 Å². The Kier molecular flexibility index (Phi) is 5.81. The largest absolute Gasteiger partial charge is 0.317 e. The minimum atomic E-state index is -0.639. The van der Waals surface area contributed by atoms with Crippen molar-refractivity contribution in [2.24, 2.45) is 0 Å². The van der Waals surface area contributed by atoms with Gasteiger partial charge in [-0.2, -0.15) is 0 Å². The third kappa shape index (κ3) is 3.68. The lowest BCUT2D eigenvalue weighted by Gasteiger charge is -2.37. The van der Waals surface area contributed by atoms with Crippen LogP contribution in [0.3, 0.4) is 0 Å². The first-order valence-corrected chi connectivity index (χ1v) is 10.7. The molecule has 0 bridgehead atoms. The van der Waals surface area contributed by atoms with E-state index >= 15 is 0 Å². The number of imidazole rings is 1. The van der Waals surface area contributed by atoms with Crippen molar-refractivity contribution in [1.29, 1.82) is 0 Å². The van der Waals surface area contributed by atoms with Gasteiger partial charge in [0.2, 0.25) is 5.91 Å². The van der Waals surface area contributed by atoms with Crippen molar-refractivity contribution < 1.29 is 4.79 Å². The Bertz CT molecular complexity index is 1010. The van der Waals surface area contributed by atoms with Crippen molar-refractivity contribution in [3.05, 3.63) is 120 Å². The van der Waals surface area contributed by atoms with Gasteiger partial charge in [-0.25, -0.2) is 4.98 Å². The molecule has 0 aliphatic carbocycles. The molecule has 4 nitrogen and oxygen atoms in total. The molecule has 5 heteroatoms. The molecule has 4 aromatic rings. The van der Waals surface area contributed by atoms with E-state index < -0.39 is 5.54 Å². The standard InChI is InChI=1S/C25H22BrN3O/c1-19(26)24(30)28-23-17-29(18-27-23)25(20-11-5-2-6-12-20,21-13-7-3-8-14-21)22-15-9-4-10-16-22/h2-19H,1H3,(H,28,30). The summed E-state index contributed by atoms with van der Waals surface area (Å²) < 4.78 is 2.07. The van der Waals surface area contributed by atoms with Crippen LogP contribution in [-0.4, -0.2) is 20.3 Å². The van der Waals surface area contributed by atoms with Crippen LogP contribution in [0.25, 0.3) is 0 Å². The number of nitrogens with zero attached hydrogens (tertiary/aromatic N) is 2. The first-order chi connectivity index (χ1) is 14.6. The van der Waals surface area contributed by atoms with Gasteiger partial charge in [-0.15, -0.1) is 0 Å². The topological polar surface area (TPSA) is 46.9 Å². The van der Waals surface area contributed by atoms with Gasteiger partial charge in [-0.05, 0) is 23.6 Å². The summed E-state index contributed by atoms with van der Waals surface area (Å²) >= 11 is 3.31. The van der Waals surface area contributed by atoms with E-state index in [4.69, 9.17) is 0 Å². The first-order valence-electron chi connectivity index (χ1n) is 9.78. The molecule has 30 heavy (non-hydrogen) atoms. The van der Waals surface area contributed by atoms with Gasteiger partial charge in [-0.3, -0.25) is 4.79 Å². The molecule has 150 valence electrons. The number of carbonyl (C=O) groups excluding carboxylic acids is 1. The molecular weight excluding hydrogens is 438 g/mol. The summed E-state index contributed by atoms with van der Waals surface area (Å²) in [5.41, 5.74) is 2.67. The number of hydrogen-bond donors (Lipinski definition) is 1. The van der Waals surface area contributed by atoms with Gasteiger partial charge < -0.3 is 9.88 Å². The van der Waals surface area contributed by atoms with Gasteiger partial charge in [0.25, 0.3) is 0 Å². The van der Waals surface area contributed by atoms with E-state index in [1.165, 1.54) is 0 Å². The highest BCUT2D eigenvalue weighted by Gasteiger charge is 2.38. The molecule has 0 saturated heterocycles. The van der Waals surface area contributed by atoms with Gasteiger partial charge in [0.1, 0.15) is 5.54 Å². The van der Waals surface area contributed by atoms with E-state index in [0.29, 0.717) is 5.82 Å². The van der Waals surface area contributed by atoms with E-state index in [1.807, 2.05) is 60.8 Å². The fourth-order valence-corrected chi connectivity index (χ4v) is 3.90. The van der Waals surface area contributed by atoms with E-state index in [9.17, 15) is 4.79 Å². The third-order valence-corrected chi connectivity index (χ3v) is 5.57. The monoisotopic (exact) mass is 459 g/mol. The van der Waals surface area contributed by atoms with E-state index in [1.54, 1.807) is 13.3 Å². The second-order valence-electron chi connectivity index (χ2n) is 7.08. The summed E-state index contributed by atoms with van der Waals surface area (Å²) in [4.78, 5) is 16.4. The Hall–Kier alpha value is -3.18. The molecule has 1 amide bonds. The highest BCUT2D eigenvalue weighted by Crippen LogP contribution is 2.41. The first kappa shape index (κ1) is 20.1. The van der Waals surface area contributed by atoms with Crippen molar-refractivity contribution in [2.45, 2.75) is 17.3 Å². The molecule has 0 saturated carbocycles. The van der Waals surface area contributed by atoms with Crippen molar-refractivity contribution in [3.8, 4) is 0 Å². The maximum absolute atomic E-state index is 12.2. The molecule has 1 N–H and O–H groups in total. The minimum Gasteiger partial charge on any atom is -0.317 e. The van der Waals surface area contributed by atoms with Crippen LogP contribution >= 0.6 is 15.9 Å². The summed E-state index contributed by atoms with van der Waals surface area (Å²) in [6, 6.07) is 31.1. The average Bonchev–Trinajstić information content (AvgIpc) is 3.25. The number of halogens is 1.